The van der Waals surface area contributed by atoms with E-state index in [0.717, 1.165) is 42.3 Å². The minimum atomic E-state index is -0.462. The molecule has 9 heteroatoms. The Morgan fingerprint density at radius 1 is 1.14 bits per heavy atom. The van der Waals surface area contributed by atoms with Gasteiger partial charge in [-0.2, -0.15) is 0 Å². The van der Waals surface area contributed by atoms with Gasteiger partial charge in [0.05, 0.1) is 17.6 Å². The van der Waals surface area contributed by atoms with Crippen LogP contribution in [0.5, 0.6) is 0 Å². The normalized spacial score (nSPS) is 21.6. The third-order valence-electron chi connectivity index (χ3n) is 7.14. The van der Waals surface area contributed by atoms with Crippen molar-refractivity contribution in [3.8, 4) is 0 Å². The summed E-state index contributed by atoms with van der Waals surface area (Å²) in [5, 5.41) is 7.08. The molecule has 2 N–H and O–H groups in total. The molecule has 0 aliphatic carbocycles. The summed E-state index contributed by atoms with van der Waals surface area (Å²) in [7, 11) is 0. The molecule has 2 saturated heterocycles. The van der Waals surface area contributed by atoms with Crippen molar-refractivity contribution in [2.45, 2.75) is 52.5 Å². The average Bonchev–Trinajstić information content (AvgIpc) is 3.21. The first-order valence-electron chi connectivity index (χ1n) is 12.6. The first-order chi connectivity index (χ1) is 16.9. The number of ether oxygens (including phenoxy) is 1. The Morgan fingerprint density at radius 2 is 1.89 bits per heavy atom. The lowest BCUT2D eigenvalue weighted by Crippen LogP contribution is -2.53. The van der Waals surface area contributed by atoms with Gasteiger partial charge in [-0.3, -0.25) is 19.8 Å². The van der Waals surface area contributed by atoms with Crippen molar-refractivity contribution in [1.29, 1.82) is 0 Å². The first-order valence-corrected chi connectivity index (χ1v) is 13.4. The van der Waals surface area contributed by atoms with Crippen LogP contribution in [-0.4, -0.2) is 73.1 Å². The fourth-order valence-corrected chi connectivity index (χ4v) is 6.40. The van der Waals surface area contributed by atoms with Crippen molar-refractivity contribution >= 4 is 44.3 Å². The highest BCUT2D eigenvalue weighted by Gasteiger charge is 2.41. The van der Waals surface area contributed by atoms with Gasteiger partial charge in [0, 0.05) is 42.3 Å². The summed E-state index contributed by atoms with van der Waals surface area (Å²) in [5.74, 6) is -0.142. The summed E-state index contributed by atoms with van der Waals surface area (Å²) in [6, 6.07) is 7.82. The number of carbonyl (C=O) groups is 3. The largest absolute Gasteiger partial charge is 0.466 e. The number of carbonyl (C=O) groups excluding carboxylic acids is 3. The van der Waals surface area contributed by atoms with E-state index in [-0.39, 0.29) is 17.9 Å². The molecule has 35 heavy (non-hydrogen) atoms. The molecule has 2 aliphatic rings. The van der Waals surface area contributed by atoms with Crippen LogP contribution in [0.2, 0.25) is 0 Å². The number of hydrogen-bond acceptors (Lipinski definition) is 6. The van der Waals surface area contributed by atoms with Gasteiger partial charge >= 0.3 is 12.0 Å². The average molecular weight is 501 g/mol. The number of benzene rings is 1. The molecule has 0 spiro atoms. The number of urea groups is 1. The molecule has 3 heterocycles. The molecule has 0 radical (unpaired) electrons. The number of anilines is 1. The van der Waals surface area contributed by atoms with Crippen molar-refractivity contribution in [3.63, 3.8) is 0 Å². The zero-order chi connectivity index (χ0) is 25.0. The lowest BCUT2D eigenvalue weighted by Gasteiger charge is -2.45. The highest BCUT2D eigenvalue weighted by Crippen LogP contribution is 2.38. The van der Waals surface area contributed by atoms with Crippen molar-refractivity contribution in [1.82, 2.24) is 15.1 Å². The first kappa shape index (κ1) is 25.4. The molecule has 1 unspecified atom stereocenters. The van der Waals surface area contributed by atoms with Crippen LogP contribution in [0.1, 0.15) is 56.8 Å². The fraction of sp³-hybridized carbons (Fsp3) is 0.577. The van der Waals surface area contributed by atoms with Gasteiger partial charge in [-0.25, -0.2) is 4.79 Å². The van der Waals surface area contributed by atoms with E-state index in [1.54, 1.807) is 0 Å². The highest BCUT2D eigenvalue weighted by atomic mass is 32.1. The SMILES string of the molecule is CCNC(=O)Nc1sc2ccccc2c1C(=O)N1CCC(N2CCCC(C)(C(=O)OCC)C2)CC1. The number of likely N-dealkylation sites (tertiary alicyclic amines) is 2. The molecular formula is C26H36N4O4S. The minimum absolute atomic E-state index is 0.0392. The molecule has 0 bridgehead atoms. The molecule has 0 saturated carbocycles. The number of esters is 1. The lowest BCUT2D eigenvalue weighted by atomic mass is 9.80. The maximum Gasteiger partial charge on any atom is 0.319 e. The Labute approximate surface area is 211 Å². The molecule has 2 aromatic rings. The molecule has 3 amide bonds. The van der Waals surface area contributed by atoms with Crippen LogP contribution in [0.15, 0.2) is 24.3 Å². The van der Waals surface area contributed by atoms with E-state index in [4.69, 9.17) is 4.74 Å². The zero-order valence-electron chi connectivity index (χ0n) is 20.9. The third kappa shape index (κ3) is 5.46. The summed E-state index contributed by atoms with van der Waals surface area (Å²) in [5.41, 5.74) is 0.111. The number of hydrogen-bond donors (Lipinski definition) is 2. The molecule has 4 rings (SSSR count). The Bertz CT molecular complexity index is 1080. The molecule has 1 aromatic carbocycles. The topological polar surface area (TPSA) is 91.0 Å². The number of nitrogens with zero attached hydrogens (tertiary/aromatic N) is 2. The summed E-state index contributed by atoms with van der Waals surface area (Å²) in [4.78, 5) is 42.8. The second-order valence-electron chi connectivity index (χ2n) is 9.67. The van der Waals surface area contributed by atoms with Gasteiger partial charge in [-0.15, -0.1) is 11.3 Å². The molecule has 1 aromatic heterocycles. The van der Waals surface area contributed by atoms with E-state index < -0.39 is 5.41 Å². The highest BCUT2D eigenvalue weighted by molar-refractivity contribution is 7.23. The monoisotopic (exact) mass is 500 g/mol. The Morgan fingerprint density at radius 3 is 2.60 bits per heavy atom. The number of rotatable bonds is 6. The number of nitrogens with one attached hydrogen (secondary N) is 2. The number of fused-ring (bicyclic) bond motifs is 1. The smallest absolute Gasteiger partial charge is 0.319 e. The lowest BCUT2D eigenvalue weighted by molar-refractivity contribution is -0.158. The van der Waals surface area contributed by atoms with Gasteiger partial charge in [-0.05, 0) is 59.1 Å². The Kier molecular flexibility index (Phi) is 7.96. The summed E-state index contributed by atoms with van der Waals surface area (Å²) >= 11 is 1.43. The van der Waals surface area contributed by atoms with Gasteiger partial charge in [0.2, 0.25) is 0 Å². The molecule has 190 valence electrons. The Balaban J connectivity index is 1.45. The predicted octanol–water partition coefficient (Wildman–Crippen LogP) is 4.31. The maximum atomic E-state index is 13.7. The molecule has 8 nitrogen and oxygen atoms in total. The van der Waals surface area contributed by atoms with E-state index in [1.807, 2.05) is 49.9 Å². The number of amides is 3. The minimum Gasteiger partial charge on any atom is -0.466 e. The van der Waals surface area contributed by atoms with E-state index in [9.17, 15) is 14.4 Å². The summed E-state index contributed by atoms with van der Waals surface area (Å²) in [6.45, 7) is 9.63. The Hall–Kier alpha value is -2.65. The summed E-state index contributed by atoms with van der Waals surface area (Å²) < 4.78 is 6.32. The van der Waals surface area contributed by atoms with Crippen molar-refractivity contribution < 1.29 is 19.1 Å². The molecular weight excluding hydrogens is 464 g/mol. The van der Waals surface area contributed by atoms with Crippen LogP contribution < -0.4 is 10.6 Å². The van der Waals surface area contributed by atoms with Gasteiger partial charge in [0.25, 0.3) is 5.91 Å². The third-order valence-corrected chi connectivity index (χ3v) is 8.22. The van der Waals surface area contributed by atoms with Gasteiger partial charge < -0.3 is 15.0 Å². The summed E-state index contributed by atoms with van der Waals surface area (Å²) in [6.07, 6.45) is 3.56. The van der Waals surface area contributed by atoms with Gasteiger partial charge in [-0.1, -0.05) is 18.2 Å². The standard InChI is InChI=1S/C26H36N4O4S/c1-4-27-25(33)28-22-21(19-9-6-7-10-20(19)35-22)23(31)29-15-11-18(12-16-29)30-14-8-13-26(3,17-30)24(32)34-5-2/h6-7,9-10,18H,4-5,8,11-17H2,1-3H3,(H2,27,28,33). The van der Waals surface area contributed by atoms with E-state index in [0.29, 0.717) is 49.4 Å². The predicted molar refractivity (Wildman–Crippen MR) is 139 cm³/mol. The van der Waals surface area contributed by atoms with E-state index >= 15 is 0 Å². The fourth-order valence-electron chi connectivity index (χ4n) is 5.31. The molecule has 2 aliphatic heterocycles. The van der Waals surface area contributed by atoms with Crippen molar-refractivity contribution in [3.05, 3.63) is 29.8 Å². The quantitative estimate of drug-likeness (QED) is 0.577. The maximum absolute atomic E-state index is 13.7. The van der Waals surface area contributed by atoms with Crippen LogP contribution in [0.4, 0.5) is 9.80 Å². The molecule has 1 atom stereocenters. The van der Waals surface area contributed by atoms with Crippen LogP contribution in [0.25, 0.3) is 10.1 Å². The van der Waals surface area contributed by atoms with Gasteiger partial charge in [0.1, 0.15) is 5.00 Å². The van der Waals surface area contributed by atoms with Crippen molar-refractivity contribution in [2.75, 3.05) is 44.6 Å². The second-order valence-corrected chi connectivity index (χ2v) is 10.7. The zero-order valence-corrected chi connectivity index (χ0v) is 21.7. The van der Waals surface area contributed by atoms with Gasteiger partial charge in [0.15, 0.2) is 0 Å². The van der Waals surface area contributed by atoms with Crippen molar-refractivity contribution in [2.24, 2.45) is 5.41 Å². The van der Waals surface area contributed by atoms with Crippen LogP contribution in [-0.2, 0) is 9.53 Å². The van der Waals surface area contributed by atoms with Crippen LogP contribution in [0.3, 0.4) is 0 Å². The van der Waals surface area contributed by atoms with Crippen LogP contribution in [0, 0.1) is 5.41 Å². The molecule has 2 fully saturated rings. The van der Waals surface area contributed by atoms with E-state index in [2.05, 4.69) is 15.5 Å². The van der Waals surface area contributed by atoms with E-state index in [1.165, 1.54) is 11.3 Å². The number of piperidine rings is 2. The van der Waals surface area contributed by atoms with Crippen LogP contribution >= 0.6 is 11.3 Å². The number of thiophene rings is 1. The second kappa shape index (κ2) is 11.0.